The van der Waals surface area contributed by atoms with Gasteiger partial charge in [-0.2, -0.15) is 4.98 Å². The van der Waals surface area contributed by atoms with Crippen LogP contribution in [0.3, 0.4) is 0 Å². The van der Waals surface area contributed by atoms with Crippen molar-refractivity contribution in [2.24, 2.45) is 0 Å². The van der Waals surface area contributed by atoms with Crippen molar-refractivity contribution in [2.75, 3.05) is 18.2 Å². The molecule has 2 heterocycles. The molecule has 0 radical (unpaired) electrons. The van der Waals surface area contributed by atoms with E-state index in [2.05, 4.69) is 20.4 Å². The van der Waals surface area contributed by atoms with Gasteiger partial charge in [0.05, 0.1) is 30.3 Å². The normalized spacial score (nSPS) is 10.9. The average Bonchev–Trinajstić information content (AvgIpc) is 3.19. The molecule has 1 amide bonds. The molecule has 4 rings (SSSR count). The SMILES string of the molecule is COc1ccc(Cn2c(SCC(=O)Nc3nc(C)no3)nc3ccccc3c2=O)cc1. The maximum absolute atomic E-state index is 13.2. The summed E-state index contributed by atoms with van der Waals surface area (Å²) >= 11 is 1.16. The Morgan fingerprint density at radius 1 is 1.16 bits per heavy atom. The Morgan fingerprint density at radius 3 is 2.65 bits per heavy atom. The van der Waals surface area contributed by atoms with Gasteiger partial charge in [-0.25, -0.2) is 4.98 Å². The van der Waals surface area contributed by atoms with Crippen LogP contribution in [-0.2, 0) is 11.3 Å². The number of aromatic nitrogens is 4. The van der Waals surface area contributed by atoms with Gasteiger partial charge in [0, 0.05) is 0 Å². The van der Waals surface area contributed by atoms with Gasteiger partial charge in [-0.3, -0.25) is 19.5 Å². The van der Waals surface area contributed by atoms with Gasteiger partial charge in [-0.05, 0) is 36.8 Å². The highest BCUT2D eigenvalue weighted by atomic mass is 32.2. The van der Waals surface area contributed by atoms with Gasteiger partial charge in [0.15, 0.2) is 11.0 Å². The number of thioether (sulfide) groups is 1. The Hall–Kier alpha value is -3.66. The molecule has 0 fully saturated rings. The molecule has 0 aliphatic heterocycles. The number of benzene rings is 2. The Balaban J connectivity index is 1.61. The van der Waals surface area contributed by atoms with E-state index in [-0.39, 0.29) is 23.2 Å². The number of ether oxygens (including phenoxy) is 1. The maximum Gasteiger partial charge on any atom is 0.328 e. The Bertz CT molecular complexity index is 1280. The lowest BCUT2D eigenvalue weighted by Gasteiger charge is -2.13. The molecule has 0 unspecified atom stereocenters. The lowest BCUT2D eigenvalue weighted by molar-refractivity contribution is -0.114. The van der Waals surface area contributed by atoms with Crippen LogP contribution in [0.5, 0.6) is 5.75 Å². The number of aryl methyl sites for hydroxylation is 1. The maximum atomic E-state index is 13.2. The first-order chi connectivity index (χ1) is 15.0. The zero-order valence-corrected chi connectivity index (χ0v) is 17.7. The predicted molar refractivity (Wildman–Crippen MR) is 116 cm³/mol. The number of para-hydroxylation sites is 1. The predicted octanol–water partition coefficient (Wildman–Crippen LogP) is 2.88. The molecule has 9 nitrogen and oxygen atoms in total. The molecular weight excluding hydrogens is 418 g/mol. The number of fused-ring (bicyclic) bond motifs is 1. The zero-order valence-electron chi connectivity index (χ0n) is 16.9. The quantitative estimate of drug-likeness (QED) is 0.347. The number of hydrogen-bond acceptors (Lipinski definition) is 8. The van der Waals surface area contributed by atoms with Crippen molar-refractivity contribution < 1.29 is 14.1 Å². The summed E-state index contributed by atoms with van der Waals surface area (Å²) in [6.45, 7) is 1.97. The highest BCUT2D eigenvalue weighted by Crippen LogP contribution is 2.20. The topological polar surface area (TPSA) is 112 Å². The van der Waals surface area contributed by atoms with Gasteiger partial charge < -0.3 is 9.26 Å². The van der Waals surface area contributed by atoms with Gasteiger partial charge in [0.25, 0.3) is 5.56 Å². The van der Waals surface area contributed by atoms with Crippen LogP contribution in [0.4, 0.5) is 6.01 Å². The van der Waals surface area contributed by atoms with Crippen molar-refractivity contribution in [3.63, 3.8) is 0 Å². The number of hydrogen-bond donors (Lipinski definition) is 1. The first-order valence-electron chi connectivity index (χ1n) is 9.39. The summed E-state index contributed by atoms with van der Waals surface area (Å²) in [7, 11) is 1.60. The van der Waals surface area contributed by atoms with E-state index >= 15 is 0 Å². The van der Waals surface area contributed by atoms with Crippen LogP contribution < -0.4 is 15.6 Å². The van der Waals surface area contributed by atoms with E-state index in [4.69, 9.17) is 9.26 Å². The van der Waals surface area contributed by atoms with Crippen LogP contribution in [-0.4, -0.2) is 38.5 Å². The average molecular weight is 437 g/mol. The molecule has 0 saturated carbocycles. The highest BCUT2D eigenvalue weighted by molar-refractivity contribution is 7.99. The summed E-state index contributed by atoms with van der Waals surface area (Å²) in [6, 6.07) is 14.6. The molecule has 0 saturated heterocycles. The summed E-state index contributed by atoms with van der Waals surface area (Å²) in [5.74, 6) is 0.837. The number of anilines is 1. The van der Waals surface area contributed by atoms with Crippen LogP contribution in [0.2, 0.25) is 0 Å². The summed E-state index contributed by atoms with van der Waals surface area (Å²) in [5.41, 5.74) is 1.32. The number of nitrogens with zero attached hydrogens (tertiary/aromatic N) is 4. The Morgan fingerprint density at radius 2 is 1.94 bits per heavy atom. The lowest BCUT2D eigenvalue weighted by atomic mass is 10.2. The van der Waals surface area contributed by atoms with Crippen molar-refractivity contribution in [3.05, 3.63) is 70.3 Å². The van der Waals surface area contributed by atoms with Crippen LogP contribution in [0, 0.1) is 6.92 Å². The van der Waals surface area contributed by atoms with Crippen LogP contribution >= 0.6 is 11.8 Å². The summed E-state index contributed by atoms with van der Waals surface area (Å²) in [5, 5.41) is 7.13. The number of carbonyl (C=O) groups is 1. The number of nitrogens with one attached hydrogen (secondary N) is 1. The van der Waals surface area contributed by atoms with Crippen molar-refractivity contribution in [3.8, 4) is 5.75 Å². The molecule has 0 atom stereocenters. The number of rotatable bonds is 7. The Labute approximate surface area is 181 Å². The monoisotopic (exact) mass is 437 g/mol. The van der Waals surface area contributed by atoms with Crippen molar-refractivity contribution in [1.29, 1.82) is 0 Å². The molecule has 2 aromatic carbocycles. The lowest BCUT2D eigenvalue weighted by Crippen LogP contribution is -2.25. The second-order valence-electron chi connectivity index (χ2n) is 6.63. The van der Waals surface area contributed by atoms with Gasteiger partial charge in [0.2, 0.25) is 5.91 Å². The molecule has 0 aliphatic rings. The highest BCUT2D eigenvalue weighted by Gasteiger charge is 2.15. The third-order valence-corrected chi connectivity index (χ3v) is 5.41. The third-order valence-electron chi connectivity index (χ3n) is 4.43. The molecule has 31 heavy (non-hydrogen) atoms. The van der Waals surface area contributed by atoms with Crippen LogP contribution in [0.1, 0.15) is 11.4 Å². The minimum atomic E-state index is -0.341. The van der Waals surface area contributed by atoms with E-state index in [0.29, 0.717) is 28.4 Å². The molecular formula is C21H19N5O4S. The van der Waals surface area contributed by atoms with E-state index in [9.17, 15) is 9.59 Å². The second kappa shape index (κ2) is 9.00. The van der Waals surface area contributed by atoms with Gasteiger partial charge in [-0.1, -0.05) is 41.2 Å². The van der Waals surface area contributed by atoms with Crippen molar-refractivity contribution in [1.82, 2.24) is 19.7 Å². The molecule has 0 aliphatic carbocycles. The summed E-state index contributed by atoms with van der Waals surface area (Å²) in [6.07, 6.45) is 0. The Kier molecular flexibility index (Phi) is 5.99. The zero-order chi connectivity index (χ0) is 21.8. The molecule has 10 heteroatoms. The third kappa shape index (κ3) is 4.75. The van der Waals surface area contributed by atoms with E-state index in [1.54, 1.807) is 36.8 Å². The number of amides is 1. The van der Waals surface area contributed by atoms with Gasteiger partial charge in [-0.15, -0.1) is 0 Å². The first kappa shape index (κ1) is 20.6. The van der Waals surface area contributed by atoms with E-state index in [1.807, 2.05) is 30.3 Å². The number of carbonyl (C=O) groups excluding carboxylic acids is 1. The fraction of sp³-hybridized carbons (Fsp3) is 0.190. The largest absolute Gasteiger partial charge is 0.497 e. The summed E-state index contributed by atoms with van der Waals surface area (Å²) in [4.78, 5) is 34.0. The van der Waals surface area contributed by atoms with Crippen LogP contribution in [0.15, 0.2) is 63.0 Å². The van der Waals surface area contributed by atoms with E-state index in [0.717, 1.165) is 23.1 Å². The second-order valence-corrected chi connectivity index (χ2v) is 7.58. The minimum absolute atomic E-state index is 0.0226. The smallest absolute Gasteiger partial charge is 0.328 e. The fourth-order valence-electron chi connectivity index (χ4n) is 2.94. The minimum Gasteiger partial charge on any atom is -0.497 e. The standard InChI is InChI=1S/C21H19N5O4S/c1-13-22-20(30-25-13)24-18(27)12-31-21-23-17-6-4-3-5-16(17)19(28)26(21)11-14-7-9-15(29-2)10-8-14/h3-10H,11-12H2,1-2H3,(H,22,24,25,27). The molecule has 1 N–H and O–H groups in total. The van der Waals surface area contributed by atoms with E-state index < -0.39 is 0 Å². The molecule has 158 valence electrons. The van der Waals surface area contributed by atoms with Crippen molar-refractivity contribution in [2.45, 2.75) is 18.6 Å². The fourth-order valence-corrected chi connectivity index (χ4v) is 3.74. The van der Waals surface area contributed by atoms with Gasteiger partial charge in [0.1, 0.15) is 5.75 Å². The van der Waals surface area contributed by atoms with E-state index in [1.165, 1.54) is 0 Å². The molecule has 0 bridgehead atoms. The molecule has 2 aromatic heterocycles. The molecule has 0 spiro atoms. The first-order valence-corrected chi connectivity index (χ1v) is 10.4. The van der Waals surface area contributed by atoms with Gasteiger partial charge >= 0.3 is 6.01 Å². The van der Waals surface area contributed by atoms with Crippen molar-refractivity contribution >= 4 is 34.6 Å². The molecule has 4 aromatic rings. The summed E-state index contributed by atoms with van der Waals surface area (Å²) < 4.78 is 11.7. The number of methoxy groups -OCH3 is 1. The van der Waals surface area contributed by atoms with Crippen LogP contribution in [0.25, 0.3) is 10.9 Å².